The van der Waals surface area contributed by atoms with Crippen molar-refractivity contribution in [3.63, 3.8) is 0 Å². The van der Waals surface area contributed by atoms with Crippen molar-refractivity contribution in [2.24, 2.45) is 0 Å². The topological polar surface area (TPSA) is 12.5 Å². The van der Waals surface area contributed by atoms with Crippen LogP contribution in [-0.2, 0) is 6.61 Å². The van der Waals surface area contributed by atoms with E-state index in [0.29, 0.717) is 6.61 Å². The Bertz CT molecular complexity index is 616. The van der Waals surface area contributed by atoms with Crippen LogP contribution in [0.2, 0.25) is 39.3 Å². The Balaban J connectivity index is 2.21. The van der Waals surface area contributed by atoms with Gasteiger partial charge in [-0.2, -0.15) is 0 Å². The maximum Gasteiger partial charge on any atom is 0.138 e. The summed E-state index contributed by atoms with van der Waals surface area (Å²) in [5.41, 5.74) is 2.44. The average Bonchev–Trinajstić information content (AvgIpc) is 2.43. The molecule has 0 heterocycles. The molecular weight excluding hydrogens is 314 g/mol. The van der Waals surface area contributed by atoms with Crippen LogP contribution in [0.3, 0.4) is 0 Å². The van der Waals surface area contributed by atoms with Gasteiger partial charge in [0.25, 0.3) is 0 Å². The first-order valence-corrected chi connectivity index (χ1v) is 15.1. The van der Waals surface area contributed by atoms with Gasteiger partial charge in [-0.3, -0.25) is 0 Å². The second-order valence-corrected chi connectivity index (χ2v) is 17.9. The fraction of sp³-hybridized carbons (Fsp3) is 0.368. The number of ether oxygens (including phenoxy) is 1. The quantitative estimate of drug-likeness (QED) is 0.639. The summed E-state index contributed by atoms with van der Waals surface area (Å²) in [5.74, 6) is 0.896. The van der Waals surface area contributed by atoms with Crippen LogP contribution in [0.25, 0.3) is 0 Å². The van der Waals surface area contributed by atoms with E-state index in [1.165, 1.54) is 11.3 Å². The number of hydrogen-bond acceptors (Lipinski definition) is 2. The highest BCUT2D eigenvalue weighted by Gasteiger charge is 2.34. The molecule has 123 valence electrons. The van der Waals surface area contributed by atoms with Crippen molar-refractivity contribution in [3.05, 3.63) is 60.2 Å². The summed E-state index contributed by atoms with van der Waals surface area (Å²) in [7, 11) is -2.91. The molecule has 4 heteroatoms. The molecule has 1 radical (unpaired) electrons. The molecule has 0 aliphatic rings. The highest BCUT2D eigenvalue weighted by molar-refractivity contribution is 6.99. The summed E-state index contributed by atoms with van der Waals surface area (Å²) < 4.78 is 8.67. The summed E-state index contributed by atoms with van der Waals surface area (Å²) in [5, 5.41) is 0. The van der Waals surface area contributed by atoms with Crippen LogP contribution in [0.5, 0.6) is 5.75 Å². The van der Waals surface area contributed by atoms with E-state index >= 15 is 0 Å². The lowest BCUT2D eigenvalue weighted by molar-refractivity contribution is 0.306. The van der Waals surface area contributed by atoms with Crippen LogP contribution < -0.4 is 8.97 Å². The first-order valence-electron chi connectivity index (χ1n) is 8.16. The van der Waals surface area contributed by atoms with Crippen molar-refractivity contribution in [1.82, 2.24) is 0 Å². The molecule has 0 N–H and O–H groups in total. The van der Waals surface area contributed by atoms with E-state index in [4.69, 9.17) is 4.74 Å². The standard InChI is InChI=1S/C19H28NOSi2/c1-22(2,3)20(23(4,5)6)18-13-10-14-19(15-18)21-16-17-11-8-7-9-12-17/h7-9,11-15H,16H2,1-6H3. The Morgan fingerprint density at radius 1 is 0.913 bits per heavy atom. The third-order valence-corrected chi connectivity index (χ3v) is 10.8. The van der Waals surface area contributed by atoms with Crippen LogP contribution >= 0.6 is 0 Å². The van der Waals surface area contributed by atoms with E-state index in [9.17, 15) is 0 Å². The zero-order valence-electron chi connectivity index (χ0n) is 15.2. The minimum absolute atomic E-state index is 0.595. The first kappa shape index (κ1) is 17.8. The van der Waals surface area contributed by atoms with Gasteiger partial charge in [0.2, 0.25) is 0 Å². The van der Waals surface area contributed by atoms with Crippen molar-refractivity contribution in [2.75, 3.05) is 4.23 Å². The van der Waals surface area contributed by atoms with E-state index in [2.05, 4.69) is 73.8 Å². The Morgan fingerprint density at radius 3 is 2.09 bits per heavy atom. The molecule has 2 aromatic carbocycles. The molecule has 2 nitrogen and oxygen atoms in total. The zero-order valence-corrected chi connectivity index (χ0v) is 17.2. The lowest BCUT2D eigenvalue weighted by Crippen LogP contribution is -2.59. The molecule has 0 aliphatic carbocycles. The Labute approximate surface area is 143 Å². The molecule has 0 amide bonds. The van der Waals surface area contributed by atoms with Gasteiger partial charge in [0.15, 0.2) is 0 Å². The van der Waals surface area contributed by atoms with Crippen LogP contribution in [0.15, 0.2) is 48.5 Å². The molecule has 2 aromatic rings. The molecule has 2 rings (SSSR count). The van der Waals surface area contributed by atoms with Gasteiger partial charge in [0, 0.05) is 11.8 Å². The minimum atomic E-state index is -1.45. The Hall–Kier alpha value is -1.53. The number of rotatable bonds is 6. The molecule has 0 atom stereocenters. The molecule has 0 aliphatic heterocycles. The lowest BCUT2D eigenvalue weighted by atomic mass is 10.2. The summed E-state index contributed by atoms with van der Waals surface area (Å²) in [4.78, 5) is 0. The van der Waals surface area contributed by atoms with Gasteiger partial charge in [0.1, 0.15) is 28.8 Å². The number of nitrogens with zero attached hydrogens (tertiary/aromatic N) is 1. The van der Waals surface area contributed by atoms with Gasteiger partial charge in [-0.25, -0.2) is 0 Å². The molecule has 0 bridgehead atoms. The van der Waals surface area contributed by atoms with Crippen LogP contribution in [0.4, 0.5) is 5.69 Å². The van der Waals surface area contributed by atoms with E-state index in [1.54, 1.807) is 0 Å². The molecule has 0 saturated carbocycles. The Kier molecular flexibility index (Phi) is 5.37. The van der Waals surface area contributed by atoms with E-state index in [1.807, 2.05) is 24.3 Å². The largest absolute Gasteiger partial charge is 0.489 e. The third-order valence-electron chi connectivity index (χ3n) is 3.60. The van der Waals surface area contributed by atoms with Crippen molar-refractivity contribution in [2.45, 2.75) is 45.9 Å². The second kappa shape index (κ2) is 6.93. The predicted octanol–water partition coefficient (Wildman–Crippen LogP) is 5.54. The van der Waals surface area contributed by atoms with Gasteiger partial charge >= 0.3 is 0 Å². The highest BCUT2D eigenvalue weighted by Crippen LogP contribution is 2.30. The monoisotopic (exact) mass is 342 g/mol. The SMILES string of the molecule is C[Si](C)(C)N(c1c[c]cc(OCc2ccccc2)c1)[Si](C)(C)C. The van der Waals surface area contributed by atoms with Gasteiger partial charge in [-0.15, -0.1) is 0 Å². The molecule has 0 aromatic heterocycles. The minimum Gasteiger partial charge on any atom is -0.489 e. The number of benzene rings is 2. The highest BCUT2D eigenvalue weighted by atomic mass is 28.4. The molecule has 0 saturated heterocycles. The molecule has 0 spiro atoms. The van der Waals surface area contributed by atoms with Crippen LogP contribution in [0.1, 0.15) is 5.56 Å². The van der Waals surface area contributed by atoms with Crippen molar-refractivity contribution in [1.29, 1.82) is 0 Å². The maximum absolute atomic E-state index is 5.98. The molecule has 0 fully saturated rings. The summed E-state index contributed by atoms with van der Waals surface area (Å²) in [6, 6.07) is 19.8. The van der Waals surface area contributed by atoms with Gasteiger partial charge < -0.3 is 8.97 Å². The summed E-state index contributed by atoms with van der Waals surface area (Å²) >= 11 is 0. The Morgan fingerprint density at radius 2 is 1.52 bits per heavy atom. The second-order valence-electron chi connectivity index (χ2n) is 7.88. The van der Waals surface area contributed by atoms with Crippen LogP contribution in [-0.4, -0.2) is 16.5 Å². The lowest BCUT2D eigenvalue weighted by Gasteiger charge is -2.46. The number of hydrogen-bond donors (Lipinski definition) is 0. The smallest absolute Gasteiger partial charge is 0.138 e. The van der Waals surface area contributed by atoms with Crippen molar-refractivity contribution in [3.8, 4) is 5.75 Å². The summed E-state index contributed by atoms with van der Waals surface area (Å²) in [6.45, 7) is 15.0. The fourth-order valence-corrected chi connectivity index (χ4v) is 13.0. The maximum atomic E-state index is 5.98. The van der Waals surface area contributed by atoms with E-state index in [0.717, 1.165) is 5.75 Å². The van der Waals surface area contributed by atoms with Crippen molar-refractivity contribution >= 4 is 22.2 Å². The van der Waals surface area contributed by atoms with Crippen molar-refractivity contribution < 1.29 is 4.74 Å². The summed E-state index contributed by atoms with van der Waals surface area (Å²) in [6.07, 6.45) is 0. The van der Waals surface area contributed by atoms with Gasteiger partial charge in [-0.1, -0.05) is 69.6 Å². The van der Waals surface area contributed by atoms with Gasteiger partial charge in [0.05, 0.1) is 0 Å². The molecule has 23 heavy (non-hydrogen) atoms. The van der Waals surface area contributed by atoms with E-state index in [-0.39, 0.29) is 0 Å². The van der Waals surface area contributed by atoms with Crippen LogP contribution in [0, 0.1) is 6.07 Å². The van der Waals surface area contributed by atoms with Gasteiger partial charge in [-0.05, 0) is 23.8 Å². The fourth-order valence-electron chi connectivity index (χ4n) is 3.17. The zero-order chi connectivity index (χ0) is 17.1. The molecule has 0 unspecified atom stereocenters. The third kappa shape index (κ3) is 4.98. The van der Waals surface area contributed by atoms with E-state index < -0.39 is 16.5 Å². The predicted molar refractivity (Wildman–Crippen MR) is 105 cm³/mol. The normalized spacial score (nSPS) is 12.1. The average molecular weight is 343 g/mol. The number of anilines is 1. The first-order chi connectivity index (χ1) is 10.7. The molecular formula is C19H28NOSi2.